The molecule has 2 N–H and O–H groups in total. The molecule has 2 aromatic heterocycles. The molecule has 3 rings (SSSR count). The number of nitrogens with two attached hydrogens (primary N) is 1. The van der Waals surface area contributed by atoms with Gasteiger partial charge in [-0.2, -0.15) is 0 Å². The number of benzene rings is 1. The Bertz CT molecular complexity index is 972. The highest BCUT2D eigenvalue weighted by Gasteiger charge is 2.17. The van der Waals surface area contributed by atoms with Crippen LogP contribution in [0.15, 0.2) is 24.3 Å². The first-order valence-corrected chi connectivity index (χ1v) is 5.14. The highest BCUT2D eigenvalue weighted by molar-refractivity contribution is 5.98. The van der Waals surface area contributed by atoms with Crippen molar-refractivity contribution in [1.82, 2.24) is 14.4 Å². The number of rotatable bonds is 1. The second-order valence-electron chi connectivity index (χ2n) is 3.78. The van der Waals surface area contributed by atoms with Crippen LogP contribution >= 0.6 is 0 Å². The molecule has 0 aliphatic heterocycles. The minimum atomic E-state index is -2.64. The molecule has 0 saturated heterocycles. The van der Waals surface area contributed by atoms with Gasteiger partial charge < -0.3 is 5.73 Å². The maximum absolute atomic E-state index is 11.6. The first kappa shape index (κ1) is 5.95. The third-order valence-corrected chi connectivity index (χ3v) is 2.70. The normalized spacial score (nSPS) is 17.6. The van der Waals surface area contributed by atoms with Crippen LogP contribution in [-0.4, -0.2) is 20.3 Å². The van der Waals surface area contributed by atoms with E-state index in [1.807, 2.05) is 0 Å². The summed E-state index contributed by atoms with van der Waals surface area (Å²) >= 11 is 0. The summed E-state index contributed by atoms with van der Waals surface area (Å²) < 4.78 is 47.0. The van der Waals surface area contributed by atoms with Crippen LogP contribution in [0.5, 0.6) is 0 Å². The maximum Gasteiger partial charge on any atom is 0.271 e. The molecule has 0 spiro atoms. The van der Waals surface area contributed by atoms with Crippen molar-refractivity contribution in [3.63, 3.8) is 0 Å². The molecule has 0 unspecified atom stereocenters. The van der Waals surface area contributed by atoms with E-state index in [2.05, 4.69) is 9.97 Å². The SMILES string of the molecule is [2H]C([2H])([2H])c1nc2c(C(N)=O)nc(C([2H])([2H])[2H])n2c2ccccc12. The number of carbonyl (C=O) groups is 1. The molecule has 0 fully saturated rings. The molecule has 90 valence electrons. The molecule has 0 aliphatic rings. The minimum absolute atomic E-state index is 0.182. The van der Waals surface area contributed by atoms with Gasteiger partial charge in [-0.3, -0.25) is 9.20 Å². The Morgan fingerprint density at radius 1 is 1.33 bits per heavy atom. The number of carbonyl (C=O) groups excluding carboxylic acids is 1. The number of primary amides is 1. The van der Waals surface area contributed by atoms with Crippen LogP contribution < -0.4 is 5.73 Å². The second kappa shape index (κ2) is 3.53. The zero-order valence-corrected chi connectivity index (χ0v) is 9.14. The number of fused-ring (bicyclic) bond motifs is 3. The van der Waals surface area contributed by atoms with Crippen LogP contribution in [0, 0.1) is 13.7 Å². The first-order chi connectivity index (χ1) is 11.0. The Morgan fingerprint density at radius 2 is 2.17 bits per heavy atom. The lowest BCUT2D eigenvalue weighted by Gasteiger charge is -2.06. The fraction of sp³-hybridized carbons (Fsp3) is 0.154. The molecule has 0 atom stereocenters. The molecule has 0 radical (unpaired) electrons. The summed E-state index contributed by atoms with van der Waals surface area (Å²) in [6, 6.07) is 6.31. The topological polar surface area (TPSA) is 73.3 Å². The van der Waals surface area contributed by atoms with E-state index in [1.165, 1.54) is 6.07 Å². The maximum atomic E-state index is 11.6. The lowest BCUT2D eigenvalue weighted by Crippen LogP contribution is -2.12. The van der Waals surface area contributed by atoms with Gasteiger partial charge in [0, 0.05) is 19.3 Å². The molecule has 18 heavy (non-hydrogen) atoms. The van der Waals surface area contributed by atoms with E-state index >= 15 is 0 Å². The summed E-state index contributed by atoms with van der Waals surface area (Å²) in [6.07, 6.45) is 0. The molecule has 1 aromatic carbocycles. The Hall–Kier alpha value is -2.43. The molecular weight excluding hydrogens is 228 g/mol. The van der Waals surface area contributed by atoms with E-state index in [1.54, 1.807) is 18.2 Å². The van der Waals surface area contributed by atoms with Crippen LogP contribution in [0.2, 0.25) is 0 Å². The van der Waals surface area contributed by atoms with Gasteiger partial charge in [0.05, 0.1) is 5.52 Å². The molecular formula is C13H12N4O. The lowest BCUT2D eigenvalue weighted by atomic mass is 10.2. The Labute approximate surface area is 112 Å². The van der Waals surface area contributed by atoms with Crippen molar-refractivity contribution >= 4 is 22.5 Å². The minimum Gasteiger partial charge on any atom is -0.364 e. The summed E-state index contributed by atoms with van der Waals surface area (Å²) in [4.78, 5) is 19.5. The summed E-state index contributed by atoms with van der Waals surface area (Å²) in [5.41, 5.74) is 4.73. The van der Waals surface area contributed by atoms with Crippen molar-refractivity contribution in [3.8, 4) is 0 Å². The third kappa shape index (κ3) is 1.30. The van der Waals surface area contributed by atoms with Gasteiger partial charge in [0.15, 0.2) is 11.3 Å². The van der Waals surface area contributed by atoms with Crippen LogP contribution in [0.1, 0.15) is 30.2 Å². The number of aromatic nitrogens is 3. The average Bonchev–Trinajstić information content (AvgIpc) is 2.85. The van der Waals surface area contributed by atoms with Gasteiger partial charge in [-0.15, -0.1) is 0 Å². The second-order valence-corrected chi connectivity index (χ2v) is 3.78. The van der Waals surface area contributed by atoms with Crippen molar-refractivity contribution in [3.05, 3.63) is 41.5 Å². The van der Waals surface area contributed by atoms with Gasteiger partial charge in [-0.1, -0.05) is 18.2 Å². The summed E-state index contributed by atoms with van der Waals surface area (Å²) in [5.74, 6) is -1.38. The molecule has 3 aromatic rings. The van der Waals surface area contributed by atoms with Crippen molar-refractivity contribution in [2.24, 2.45) is 5.73 Å². The van der Waals surface area contributed by atoms with Gasteiger partial charge in [-0.05, 0) is 19.8 Å². The van der Waals surface area contributed by atoms with E-state index in [0.29, 0.717) is 0 Å². The highest BCUT2D eigenvalue weighted by Crippen LogP contribution is 2.21. The van der Waals surface area contributed by atoms with Gasteiger partial charge in [0.1, 0.15) is 5.82 Å². The van der Waals surface area contributed by atoms with Gasteiger partial charge >= 0.3 is 0 Å². The molecule has 0 saturated carbocycles. The van der Waals surface area contributed by atoms with Gasteiger partial charge in [0.25, 0.3) is 5.91 Å². The number of aryl methyl sites for hydroxylation is 2. The van der Waals surface area contributed by atoms with E-state index in [4.69, 9.17) is 14.0 Å². The van der Waals surface area contributed by atoms with Gasteiger partial charge in [0.2, 0.25) is 0 Å². The molecule has 0 aliphatic carbocycles. The fourth-order valence-corrected chi connectivity index (χ4v) is 1.94. The number of imidazole rings is 1. The fourth-order valence-electron chi connectivity index (χ4n) is 1.94. The number of nitrogens with zero attached hydrogens (tertiary/aromatic N) is 3. The van der Waals surface area contributed by atoms with Crippen molar-refractivity contribution in [2.45, 2.75) is 13.7 Å². The molecule has 2 heterocycles. The number of hydrogen-bond acceptors (Lipinski definition) is 3. The summed E-state index contributed by atoms with van der Waals surface area (Å²) in [7, 11) is 0. The average molecular weight is 246 g/mol. The third-order valence-electron chi connectivity index (χ3n) is 2.70. The Balaban J connectivity index is 2.61. The molecule has 5 nitrogen and oxygen atoms in total. The number of hydrogen-bond donors (Lipinski definition) is 1. The molecule has 1 amide bonds. The zero-order chi connectivity index (χ0) is 17.9. The van der Waals surface area contributed by atoms with Crippen molar-refractivity contribution in [2.75, 3.05) is 0 Å². The first-order valence-electron chi connectivity index (χ1n) is 8.14. The zero-order valence-electron chi connectivity index (χ0n) is 15.1. The van der Waals surface area contributed by atoms with E-state index in [-0.39, 0.29) is 27.9 Å². The van der Waals surface area contributed by atoms with Crippen LogP contribution in [-0.2, 0) is 0 Å². The van der Waals surface area contributed by atoms with Crippen LogP contribution in [0.4, 0.5) is 0 Å². The smallest absolute Gasteiger partial charge is 0.271 e. The molecule has 0 bridgehead atoms. The monoisotopic (exact) mass is 246 g/mol. The van der Waals surface area contributed by atoms with Gasteiger partial charge in [-0.25, -0.2) is 9.97 Å². The van der Waals surface area contributed by atoms with Crippen molar-refractivity contribution in [1.29, 1.82) is 0 Å². The van der Waals surface area contributed by atoms with E-state index in [0.717, 1.165) is 4.40 Å². The van der Waals surface area contributed by atoms with E-state index < -0.39 is 25.4 Å². The largest absolute Gasteiger partial charge is 0.364 e. The Morgan fingerprint density at radius 3 is 2.89 bits per heavy atom. The van der Waals surface area contributed by atoms with Crippen molar-refractivity contribution < 1.29 is 13.0 Å². The predicted molar refractivity (Wildman–Crippen MR) is 68.5 cm³/mol. The quantitative estimate of drug-likeness (QED) is 0.708. The Kier molecular flexibility index (Phi) is 1.17. The predicted octanol–water partition coefficient (Wildman–Crippen LogP) is 1.60. The lowest BCUT2D eigenvalue weighted by molar-refractivity contribution is 0.0997. The summed E-state index contributed by atoms with van der Waals surface area (Å²) in [6.45, 7) is -5.19. The van der Waals surface area contributed by atoms with Crippen LogP contribution in [0.3, 0.4) is 0 Å². The molecule has 5 heteroatoms. The number of amides is 1. The number of para-hydroxylation sites is 1. The van der Waals surface area contributed by atoms with Crippen LogP contribution in [0.25, 0.3) is 16.6 Å². The van der Waals surface area contributed by atoms with E-state index in [9.17, 15) is 4.79 Å². The summed E-state index contributed by atoms with van der Waals surface area (Å²) in [5, 5.41) is 0.254. The highest BCUT2D eigenvalue weighted by atomic mass is 16.1. The standard InChI is InChI=1S/C13H12N4O/c1-7-9-5-3-4-6-10(9)17-8(2)16-11(12(14)18)13(17)15-7/h3-6H,1-2H3,(H2,14,18)/i1D3,2D3.